The van der Waals surface area contributed by atoms with Crippen LogP contribution < -0.4 is 5.32 Å². The van der Waals surface area contributed by atoms with Crippen LogP contribution in [0.5, 0.6) is 0 Å². The van der Waals surface area contributed by atoms with Gasteiger partial charge in [0.25, 0.3) is 0 Å². The standard InChI is InChI=1S/C9H13N3/c1-3-4-5-10-6-9-7-11-8-12(9)2/h7-8,10H,5-6H2,1-2H3. The minimum atomic E-state index is 0.738. The number of rotatable bonds is 3. The highest BCUT2D eigenvalue weighted by molar-refractivity contribution is 5.00. The van der Waals surface area contributed by atoms with Crippen molar-refractivity contribution in [2.24, 2.45) is 7.05 Å². The molecule has 0 bridgehead atoms. The number of hydrogen-bond donors (Lipinski definition) is 1. The molecule has 0 spiro atoms. The number of imidazole rings is 1. The van der Waals surface area contributed by atoms with Gasteiger partial charge in [-0.2, -0.15) is 0 Å². The normalized spacial score (nSPS) is 9.17. The zero-order valence-corrected chi connectivity index (χ0v) is 7.46. The van der Waals surface area contributed by atoms with Crippen LogP contribution in [0.3, 0.4) is 0 Å². The van der Waals surface area contributed by atoms with Crippen LogP contribution >= 0.6 is 0 Å². The zero-order chi connectivity index (χ0) is 8.81. The van der Waals surface area contributed by atoms with E-state index in [1.807, 2.05) is 24.7 Å². The van der Waals surface area contributed by atoms with Gasteiger partial charge >= 0.3 is 0 Å². The number of hydrogen-bond acceptors (Lipinski definition) is 2. The highest BCUT2D eigenvalue weighted by Crippen LogP contribution is 1.93. The predicted octanol–water partition coefficient (Wildman–Crippen LogP) is 0.533. The summed E-state index contributed by atoms with van der Waals surface area (Å²) < 4.78 is 1.99. The molecule has 0 amide bonds. The van der Waals surface area contributed by atoms with Crippen molar-refractivity contribution >= 4 is 0 Å². The highest BCUT2D eigenvalue weighted by atomic mass is 15.0. The first kappa shape index (κ1) is 8.82. The largest absolute Gasteiger partial charge is 0.337 e. The van der Waals surface area contributed by atoms with Crippen LogP contribution in [-0.4, -0.2) is 16.1 Å². The minimum Gasteiger partial charge on any atom is -0.337 e. The Labute approximate surface area is 72.8 Å². The average molecular weight is 163 g/mol. The van der Waals surface area contributed by atoms with Gasteiger partial charge in [-0.15, -0.1) is 5.92 Å². The molecule has 12 heavy (non-hydrogen) atoms. The lowest BCUT2D eigenvalue weighted by atomic mass is 10.4. The summed E-state index contributed by atoms with van der Waals surface area (Å²) in [5.41, 5.74) is 1.17. The molecule has 0 atom stereocenters. The monoisotopic (exact) mass is 163 g/mol. The van der Waals surface area contributed by atoms with E-state index in [-0.39, 0.29) is 0 Å². The molecule has 1 rings (SSSR count). The Morgan fingerprint density at radius 1 is 1.67 bits per heavy atom. The number of nitrogens with zero attached hydrogens (tertiary/aromatic N) is 2. The van der Waals surface area contributed by atoms with Crippen LogP contribution in [0.15, 0.2) is 12.5 Å². The van der Waals surface area contributed by atoms with E-state index in [0.29, 0.717) is 0 Å². The van der Waals surface area contributed by atoms with E-state index in [9.17, 15) is 0 Å². The van der Waals surface area contributed by atoms with Crippen molar-refractivity contribution in [1.29, 1.82) is 0 Å². The van der Waals surface area contributed by atoms with E-state index >= 15 is 0 Å². The third kappa shape index (κ3) is 2.40. The van der Waals surface area contributed by atoms with Gasteiger partial charge in [0.05, 0.1) is 18.6 Å². The maximum atomic E-state index is 4.01. The fraction of sp³-hybridized carbons (Fsp3) is 0.444. The summed E-state index contributed by atoms with van der Waals surface area (Å²) in [5, 5.41) is 3.20. The molecule has 0 fully saturated rings. The Bertz CT molecular complexity index is 290. The first-order chi connectivity index (χ1) is 5.84. The zero-order valence-electron chi connectivity index (χ0n) is 7.46. The number of nitrogens with one attached hydrogen (secondary N) is 1. The summed E-state index contributed by atoms with van der Waals surface area (Å²) >= 11 is 0. The van der Waals surface area contributed by atoms with Gasteiger partial charge in [-0.3, -0.25) is 0 Å². The van der Waals surface area contributed by atoms with Crippen LogP contribution in [0.25, 0.3) is 0 Å². The van der Waals surface area contributed by atoms with E-state index < -0.39 is 0 Å². The SMILES string of the molecule is CC#CCNCc1cncn1C. The second kappa shape index (κ2) is 4.58. The first-order valence-corrected chi connectivity index (χ1v) is 3.90. The molecule has 64 valence electrons. The molecule has 0 radical (unpaired) electrons. The van der Waals surface area contributed by atoms with Gasteiger partial charge in [0, 0.05) is 19.8 Å². The van der Waals surface area contributed by atoms with E-state index in [0.717, 1.165) is 13.1 Å². The van der Waals surface area contributed by atoms with Crippen molar-refractivity contribution in [2.75, 3.05) is 6.54 Å². The second-order valence-corrected chi connectivity index (χ2v) is 2.53. The Morgan fingerprint density at radius 3 is 3.08 bits per heavy atom. The van der Waals surface area contributed by atoms with E-state index in [1.54, 1.807) is 6.33 Å². The molecular weight excluding hydrogens is 150 g/mol. The molecule has 0 aliphatic rings. The van der Waals surface area contributed by atoms with Gasteiger partial charge in [0.15, 0.2) is 0 Å². The highest BCUT2D eigenvalue weighted by Gasteiger charge is 1.94. The molecule has 0 unspecified atom stereocenters. The number of aromatic nitrogens is 2. The summed E-state index contributed by atoms with van der Waals surface area (Å²) in [6.07, 6.45) is 3.65. The fourth-order valence-electron chi connectivity index (χ4n) is 0.896. The van der Waals surface area contributed by atoms with Crippen molar-refractivity contribution in [1.82, 2.24) is 14.9 Å². The van der Waals surface area contributed by atoms with Gasteiger partial charge in [0.1, 0.15) is 0 Å². The summed E-state index contributed by atoms with van der Waals surface area (Å²) in [6, 6.07) is 0. The molecule has 0 aromatic carbocycles. The number of aryl methyl sites for hydroxylation is 1. The fourth-order valence-corrected chi connectivity index (χ4v) is 0.896. The third-order valence-corrected chi connectivity index (χ3v) is 1.61. The Hall–Kier alpha value is -1.27. The Kier molecular flexibility index (Phi) is 3.36. The second-order valence-electron chi connectivity index (χ2n) is 2.53. The van der Waals surface area contributed by atoms with Crippen LogP contribution in [0.2, 0.25) is 0 Å². The lowest BCUT2D eigenvalue weighted by Crippen LogP contribution is -2.15. The topological polar surface area (TPSA) is 29.9 Å². The Balaban J connectivity index is 2.32. The lowest BCUT2D eigenvalue weighted by Gasteiger charge is -2.00. The molecule has 1 heterocycles. The molecular formula is C9H13N3. The Morgan fingerprint density at radius 2 is 2.50 bits per heavy atom. The minimum absolute atomic E-state index is 0.738. The maximum absolute atomic E-state index is 4.01. The van der Waals surface area contributed by atoms with Crippen molar-refractivity contribution in [3.8, 4) is 11.8 Å². The quantitative estimate of drug-likeness (QED) is 0.520. The molecule has 1 aromatic rings. The van der Waals surface area contributed by atoms with Crippen molar-refractivity contribution < 1.29 is 0 Å². The summed E-state index contributed by atoms with van der Waals surface area (Å²) in [4.78, 5) is 4.01. The molecule has 0 aliphatic carbocycles. The van der Waals surface area contributed by atoms with Crippen molar-refractivity contribution in [2.45, 2.75) is 13.5 Å². The molecule has 3 nitrogen and oxygen atoms in total. The molecule has 1 N–H and O–H groups in total. The van der Waals surface area contributed by atoms with Crippen LogP contribution in [0, 0.1) is 11.8 Å². The van der Waals surface area contributed by atoms with E-state index in [4.69, 9.17) is 0 Å². The molecule has 1 aromatic heterocycles. The molecule has 0 saturated heterocycles. The third-order valence-electron chi connectivity index (χ3n) is 1.61. The maximum Gasteiger partial charge on any atom is 0.0945 e. The van der Waals surface area contributed by atoms with Crippen LogP contribution in [-0.2, 0) is 13.6 Å². The van der Waals surface area contributed by atoms with Gasteiger partial charge in [-0.05, 0) is 6.92 Å². The van der Waals surface area contributed by atoms with Gasteiger partial charge in [-0.25, -0.2) is 4.98 Å². The summed E-state index contributed by atoms with van der Waals surface area (Å²) in [6.45, 7) is 3.40. The average Bonchev–Trinajstić information content (AvgIpc) is 2.46. The van der Waals surface area contributed by atoms with Gasteiger partial charge in [0.2, 0.25) is 0 Å². The van der Waals surface area contributed by atoms with Gasteiger partial charge in [-0.1, -0.05) is 5.92 Å². The molecule has 0 saturated carbocycles. The molecule has 3 heteroatoms. The molecule has 0 aliphatic heterocycles. The van der Waals surface area contributed by atoms with Crippen molar-refractivity contribution in [3.63, 3.8) is 0 Å². The summed E-state index contributed by atoms with van der Waals surface area (Å²) in [7, 11) is 1.98. The lowest BCUT2D eigenvalue weighted by molar-refractivity contribution is 0.707. The van der Waals surface area contributed by atoms with Crippen LogP contribution in [0.4, 0.5) is 0 Å². The van der Waals surface area contributed by atoms with E-state index in [2.05, 4.69) is 22.1 Å². The predicted molar refractivity (Wildman–Crippen MR) is 48.4 cm³/mol. The summed E-state index contributed by atoms with van der Waals surface area (Å²) in [5.74, 6) is 5.77. The van der Waals surface area contributed by atoms with Crippen molar-refractivity contribution in [3.05, 3.63) is 18.2 Å². The van der Waals surface area contributed by atoms with Crippen LogP contribution in [0.1, 0.15) is 12.6 Å². The first-order valence-electron chi connectivity index (χ1n) is 3.90. The van der Waals surface area contributed by atoms with Gasteiger partial charge < -0.3 is 9.88 Å². The van der Waals surface area contributed by atoms with E-state index in [1.165, 1.54) is 5.69 Å². The smallest absolute Gasteiger partial charge is 0.0945 e.